The zero-order valence-corrected chi connectivity index (χ0v) is 7.57. The lowest BCUT2D eigenvalue weighted by Crippen LogP contribution is -1.97. The summed E-state index contributed by atoms with van der Waals surface area (Å²) < 4.78 is 5.50. The van der Waals surface area contributed by atoms with E-state index >= 15 is 0 Å². The maximum Gasteiger partial charge on any atom is 0.119 e. The van der Waals surface area contributed by atoms with Crippen molar-refractivity contribution in [1.29, 1.82) is 0 Å². The van der Waals surface area contributed by atoms with Crippen molar-refractivity contribution < 1.29 is 9.84 Å². The Morgan fingerprint density at radius 3 is 2.54 bits per heavy atom. The molecule has 0 unspecified atom stereocenters. The average Bonchev–Trinajstić information content (AvgIpc) is 2.92. The fourth-order valence-corrected chi connectivity index (χ4v) is 1.29. The van der Waals surface area contributed by atoms with Crippen molar-refractivity contribution in [2.75, 3.05) is 6.61 Å². The molecule has 0 heterocycles. The molecule has 0 spiro atoms. The van der Waals surface area contributed by atoms with Crippen LogP contribution >= 0.6 is 0 Å². The summed E-state index contributed by atoms with van der Waals surface area (Å²) in [6, 6.07) is 6.88. The van der Waals surface area contributed by atoms with Gasteiger partial charge in [0, 0.05) is 0 Å². The topological polar surface area (TPSA) is 29.5 Å². The largest absolute Gasteiger partial charge is 0.508 e. The van der Waals surface area contributed by atoms with E-state index in [1.54, 1.807) is 24.3 Å². The lowest BCUT2D eigenvalue weighted by molar-refractivity contribution is 0.302. The van der Waals surface area contributed by atoms with E-state index in [2.05, 4.69) is 0 Å². The highest BCUT2D eigenvalue weighted by Gasteiger charge is 2.20. The second-order valence-electron chi connectivity index (χ2n) is 3.57. The number of phenolic OH excluding ortho intramolecular Hbond substituents is 1. The molecule has 1 aromatic carbocycles. The van der Waals surface area contributed by atoms with Crippen molar-refractivity contribution in [3.63, 3.8) is 0 Å². The molecule has 1 aromatic rings. The fraction of sp³-hybridized carbons (Fsp3) is 0.455. The molecular weight excluding hydrogens is 164 g/mol. The molecule has 13 heavy (non-hydrogen) atoms. The Morgan fingerprint density at radius 1 is 1.23 bits per heavy atom. The van der Waals surface area contributed by atoms with Crippen LogP contribution < -0.4 is 4.74 Å². The molecule has 2 heteroatoms. The number of benzene rings is 1. The molecule has 1 N–H and O–H groups in total. The van der Waals surface area contributed by atoms with Gasteiger partial charge in [-0.3, -0.25) is 0 Å². The van der Waals surface area contributed by atoms with Crippen LogP contribution in [-0.2, 0) is 0 Å². The third-order valence-corrected chi connectivity index (χ3v) is 2.33. The van der Waals surface area contributed by atoms with Crippen molar-refractivity contribution in [3.8, 4) is 11.5 Å². The molecule has 1 fully saturated rings. The van der Waals surface area contributed by atoms with Crippen LogP contribution in [0.5, 0.6) is 11.5 Å². The van der Waals surface area contributed by atoms with Gasteiger partial charge in [-0.25, -0.2) is 0 Å². The number of rotatable bonds is 4. The maximum atomic E-state index is 9.02. The van der Waals surface area contributed by atoms with Gasteiger partial charge in [-0.05, 0) is 36.6 Å². The van der Waals surface area contributed by atoms with Crippen LogP contribution in [0.4, 0.5) is 0 Å². The average molecular weight is 178 g/mol. The Bertz CT molecular complexity index is 262. The van der Waals surface area contributed by atoms with Gasteiger partial charge in [0.25, 0.3) is 0 Å². The van der Waals surface area contributed by atoms with Crippen molar-refractivity contribution in [2.24, 2.45) is 5.92 Å². The van der Waals surface area contributed by atoms with Crippen molar-refractivity contribution in [3.05, 3.63) is 24.3 Å². The lowest BCUT2D eigenvalue weighted by atomic mass is 10.3. The monoisotopic (exact) mass is 178 g/mol. The third-order valence-electron chi connectivity index (χ3n) is 2.33. The summed E-state index contributed by atoms with van der Waals surface area (Å²) in [4.78, 5) is 0. The summed E-state index contributed by atoms with van der Waals surface area (Å²) in [5, 5.41) is 9.02. The first-order valence-corrected chi connectivity index (χ1v) is 4.76. The standard InChI is InChI=1S/C11H14O2/c12-10-3-5-11(6-4-10)13-8-7-9-1-2-9/h3-6,9,12H,1-2,7-8H2. The van der Waals surface area contributed by atoms with Crippen molar-refractivity contribution >= 4 is 0 Å². The van der Waals surface area contributed by atoms with Gasteiger partial charge in [0.15, 0.2) is 0 Å². The van der Waals surface area contributed by atoms with E-state index in [1.807, 2.05) is 0 Å². The van der Waals surface area contributed by atoms with Gasteiger partial charge >= 0.3 is 0 Å². The van der Waals surface area contributed by atoms with E-state index in [4.69, 9.17) is 9.84 Å². The highest BCUT2D eigenvalue weighted by Crippen LogP contribution is 2.32. The summed E-state index contributed by atoms with van der Waals surface area (Å²) in [6.07, 6.45) is 3.92. The molecule has 0 bridgehead atoms. The molecular formula is C11H14O2. The molecule has 1 aliphatic rings. The molecule has 1 saturated carbocycles. The Morgan fingerprint density at radius 2 is 1.92 bits per heavy atom. The van der Waals surface area contributed by atoms with Gasteiger partial charge in [0.1, 0.15) is 11.5 Å². The first-order valence-electron chi connectivity index (χ1n) is 4.76. The summed E-state index contributed by atoms with van der Waals surface area (Å²) in [7, 11) is 0. The molecule has 1 aliphatic carbocycles. The molecule has 0 saturated heterocycles. The predicted octanol–water partition coefficient (Wildman–Crippen LogP) is 2.57. The van der Waals surface area contributed by atoms with Gasteiger partial charge in [0.05, 0.1) is 6.61 Å². The minimum Gasteiger partial charge on any atom is -0.508 e. The van der Waals surface area contributed by atoms with Crippen LogP contribution in [0.15, 0.2) is 24.3 Å². The smallest absolute Gasteiger partial charge is 0.119 e. The Kier molecular flexibility index (Phi) is 2.39. The lowest BCUT2D eigenvalue weighted by Gasteiger charge is -2.04. The van der Waals surface area contributed by atoms with E-state index in [0.717, 1.165) is 18.3 Å². The molecule has 2 nitrogen and oxygen atoms in total. The molecule has 0 atom stereocenters. The van der Waals surface area contributed by atoms with Gasteiger partial charge < -0.3 is 9.84 Å². The van der Waals surface area contributed by atoms with Crippen molar-refractivity contribution in [1.82, 2.24) is 0 Å². The SMILES string of the molecule is Oc1ccc(OCCC2CC2)cc1. The molecule has 70 valence electrons. The van der Waals surface area contributed by atoms with Crippen LogP contribution in [0.3, 0.4) is 0 Å². The number of aromatic hydroxyl groups is 1. The molecule has 0 aromatic heterocycles. The van der Waals surface area contributed by atoms with Crippen LogP contribution in [0, 0.1) is 5.92 Å². The van der Waals surface area contributed by atoms with Crippen LogP contribution in [0.25, 0.3) is 0 Å². The summed E-state index contributed by atoms with van der Waals surface area (Å²) in [5.41, 5.74) is 0. The number of ether oxygens (including phenoxy) is 1. The van der Waals surface area contributed by atoms with Gasteiger partial charge in [0.2, 0.25) is 0 Å². The highest BCUT2D eigenvalue weighted by molar-refractivity contribution is 5.29. The zero-order chi connectivity index (χ0) is 9.10. The second kappa shape index (κ2) is 3.69. The van der Waals surface area contributed by atoms with E-state index in [-0.39, 0.29) is 5.75 Å². The van der Waals surface area contributed by atoms with E-state index in [9.17, 15) is 0 Å². The molecule has 0 amide bonds. The van der Waals surface area contributed by atoms with E-state index in [1.165, 1.54) is 19.3 Å². The van der Waals surface area contributed by atoms with Gasteiger partial charge in [-0.15, -0.1) is 0 Å². The Hall–Kier alpha value is -1.18. The normalized spacial score (nSPS) is 15.7. The molecule has 2 rings (SSSR count). The van der Waals surface area contributed by atoms with E-state index < -0.39 is 0 Å². The fourth-order valence-electron chi connectivity index (χ4n) is 1.29. The minimum absolute atomic E-state index is 0.287. The van der Waals surface area contributed by atoms with Crippen LogP contribution in [0.2, 0.25) is 0 Å². The number of hydrogen-bond donors (Lipinski definition) is 1. The Balaban J connectivity index is 1.76. The van der Waals surface area contributed by atoms with Gasteiger partial charge in [-0.2, -0.15) is 0 Å². The molecule has 0 aliphatic heterocycles. The highest BCUT2D eigenvalue weighted by atomic mass is 16.5. The summed E-state index contributed by atoms with van der Waals surface area (Å²) >= 11 is 0. The number of hydrogen-bond acceptors (Lipinski definition) is 2. The van der Waals surface area contributed by atoms with E-state index in [0.29, 0.717) is 0 Å². The quantitative estimate of drug-likeness (QED) is 0.767. The molecule has 0 radical (unpaired) electrons. The second-order valence-corrected chi connectivity index (χ2v) is 3.57. The predicted molar refractivity (Wildman–Crippen MR) is 50.9 cm³/mol. The summed E-state index contributed by atoms with van der Waals surface area (Å²) in [6.45, 7) is 0.801. The first-order chi connectivity index (χ1) is 6.34. The maximum absolute atomic E-state index is 9.02. The van der Waals surface area contributed by atoms with Crippen LogP contribution in [-0.4, -0.2) is 11.7 Å². The zero-order valence-electron chi connectivity index (χ0n) is 7.57. The Labute approximate surface area is 78.2 Å². The third kappa shape index (κ3) is 2.65. The number of phenols is 1. The first kappa shape index (κ1) is 8.42. The van der Waals surface area contributed by atoms with Crippen molar-refractivity contribution in [2.45, 2.75) is 19.3 Å². The summed E-state index contributed by atoms with van der Waals surface area (Å²) in [5.74, 6) is 2.05. The van der Waals surface area contributed by atoms with Crippen LogP contribution in [0.1, 0.15) is 19.3 Å². The minimum atomic E-state index is 0.287. The van der Waals surface area contributed by atoms with Gasteiger partial charge in [-0.1, -0.05) is 12.8 Å².